The molecular weight excluding hydrogens is 576 g/mol. The number of esters is 1. The maximum Gasteiger partial charge on any atom is 0.303 e. The van der Waals surface area contributed by atoms with Crippen molar-refractivity contribution in [2.24, 2.45) is 50.7 Å². The lowest BCUT2D eigenvalue weighted by Crippen LogP contribution is -2.59. The largest absolute Gasteiger partial charge is 0.457 e. The summed E-state index contributed by atoms with van der Waals surface area (Å²) < 4.78 is 35.0. The lowest BCUT2D eigenvalue weighted by Gasteiger charge is -2.62. The zero-order valence-electron chi connectivity index (χ0n) is 29.3. The highest BCUT2D eigenvalue weighted by molar-refractivity contribution is 5.93. The van der Waals surface area contributed by atoms with Crippen molar-refractivity contribution in [2.45, 2.75) is 143 Å². The Morgan fingerprint density at radius 2 is 1.71 bits per heavy atom. The molecule has 9 nitrogen and oxygen atoms in total. The predicted octanol–water partition coefficient (Wildman–Crippen LogP) is 5.65. The molecule has 9 heteroatoms. The van der Waals surface area contributed by atoms with E-state index < -0.39 is 41.8 Å². The van der Waals surface area contributed by atoms with Gasteiger partial charge in [-0.25, -0.2) is 0 Å². The van der Waals surface area contributed by atoms with Gasteiger partial charge in [0.1, 0.15) is 6.10 Å². The first-order valence-electron chi connectivity index (χ1n) is 17.3. The van der Waals surface area contributed by atoms with Crippen LogP contribution >= 0.6 is 0 Å². The first-order chi connectivity index (χ1) is 20.9. The van der Waals surface area contributed by atoms with Gasteiger partial charge in [0.05, 0.1) is 17.8 Å². The predicted molar refractivity (Wildman–Crippen MR) is 166 cm³/mol. The van der Waals surface area contributed by atoms with Crippen molar-refractivity contribution in [1.82, 2.24) is 0 Å². The minimum atomic E-state index is -1.29. The molecule has 6 fully saturated rings. The number of fused-ring (bicyclic) bond motifs is 4. The van der Waals surface area contributed by atoms with E-state index in [0.717, 1.165) is 38.5 Å². The molecule has 1 N–H and O–H groups in total. The molecule has 6 rings (SSSR count). The van der Waals surface area contributed by atoms with Gasteiger partial charge in [-0.1, -0.05) is 34.6 Å². The number of rotatable bonds is 9. The molecule has 2 spiro atoms. The Bertz CT molecular complexity index is 1180. The van der Waals surface area contributed by atoms with Crippen LogP contribution in [0.25, 0.3) is 0 Å². The Labute approximate surface area is 269 Å². The Hall–Kier alpha value is -1.10. The van der Waals surface area contributed by atoms with E-state index in [1.54, 1.807) is 28.1 Å². The minimum Gasteiger partial charge on any atom is -0.457 e. The quantitative estimate of drug-likeness (QED) is 0.254. The van der Waals surface area contributed by atoms with Crippen LogP contribution in [0.5, 0.6) is 0 Å². The van der Waals surface area contributed by atoms with Gasteiger partial charge in [-0.3, -0.25) is 9.59 Å². The normalized spacial score (nSPS) is 47.8. The van der Waals surface area contributed by atoms with Gasteiger partial charge in [-0.15, -0.1) is 0 Å². The van der Waals surface area contributed by atoms with Gasteiger partial charge in [0.25, 0.3) is 6.48 Å². The first kappa shape index (κ1) is 33.8. The maximum absolute atomic E-state index is 14.9. The average molecular weight is 635 g/mol. The lowest BCUT2D eigenvalue weighted by molar-refractivity contribution is -0.335. The van der Waals surface area contributed by atoms with Gasteiger partial charge in [-0.2, -0.15) is 0 Å². The van der Waals surface area contributed by atoms with Crippen LogP contribution in [0.15, 0.2) is 0 Å². The second-order valence-electron chi connectivity index (χ2n) is 17.3. The van der Waals surface area contributed by atoms with Crippen molar-refractivity contribution < 1.29 is 43.1 Å². The Kier molecular flexibility index (Phi) is 8.23. The monoisotopic (exact) mass is 634 g/mol. The van der Waals surface area contributed by atoms with E-state index in [1.807, 2.05) is 0 Å². The number of aliphatic hydroxyl groups is 1. The second-order valence-corrected chi connectivity index (χ2v) is 17.3. The van der Waals surface area contributed by atoms with E-state index in [0.29, 0.717) is 18.3 Å². The van der Waals surface area contributed by atoms with Crippen molar-refractivity contribution in [3.63, 3.8) is 0 Å². The standard InChI is InChI=1S/C36H58O9/c1-20-17-22(29(32(5,6)39)43-21(2)37)44-27-26(20)33(7)15-16-36-18-35(36)14-13-25(45-30(41-10)42-19-40-9)31(3,4)23(35)11-12-24(36)34(33,8)28(27)38/h20,22-27,29-30,39H,11-19H2,1-10H3/t20-,22-,23+,24+,25+,26+,27+,29+,30+,33-,34-,35-,36+/m1/s1. The van der Waals surface area contributed by atoms with Gasteiger partial charge in [0.15, 0.2) is 18.7 Å². The van der Waals surface area contributed by atoms with E-state index in [2.05, 4.69) is 34.6 Å². The fourth-order valence-electron chi connectivity index (χ4n) is 12.7. The molecular formula is C36H58O9. The molecule has 0 unspecified atom stereocenters. The van der Waals surface area contributed by atoms with Crippen LogP contribution in [0, 0.1) is 50.7 Å². The van der Waals surface area contributed by atoms with E-state index in [4.69, 9.17) is 28.4 Å². The number of ketones is 1. The van der Waals surface area contributed by atoms with Crippen LogP contribution in [0.1, 0.15) is 107 Å². The number of hydrogen-bond acceptors (Lipinski definition) is 9. The van der Waals surface area contributed by atoms with E-state index >= 15 is 0 Å². The molecule has 0 radical (unpaired) electrons. The van der Waals surface area contributed by atoms with Crippen molar-refractivity contribution in [3.8, 4) is 0 Å². The van der Waals surface area contributed by atoms with Crippen molar-refractivity contribution in [1.29, 1.82) is 0 Å². The molecule has 0 amide bonds. The van der Waals surface area contributed by atoms with E-state index in [1.165, 1.54) is 13.3 Å². The third kappa shape index (κ3) is 4.60. The number of ether oxygens (including phenoxy) is 6. The third-order valence-corrected chi connectivity index (χ3v) is 14.6. The fourth-order valence-corrected chi connectivity index (χ4v) is 12.7. The van der Waals surface area contributed by atoms with Crippen LogP contribution in [-0.4, -0.2) is 74.4 Å². The summed E-state index contributed by atoms with van der Waals surface area (Å²) in [7, 11) is 3.19. The van der Waals surface area contributed by atoms with Gasteiger partial charge in [0.2, 0.25) is 0 Å². The molecule has 45 heavy (non-hydrogen) atoms. The highest BCUT2D eigenvalue weighted by Gasteiger charge is 2.85. The summed E-state index contributed by atoms with van der Waals surface area (Å²) in [5.41, 5.74) is -1.62. The molecule has 1 heterocycles. The molecule has 13 atom stereocenters. The topological polar surface area (TPSA) is 110 Å². The van der Waals surface area contributed by atoms with E-state index in [9.17, 15) is 14.7 Å². The molecule has 5 aliphatic carbocycles. The number of carbonyl (C=O) groups is 2. The Balaban J connectivity index is 1.27. The van der Waals surface area contributed by atoms with Crippen LogP contribution < -0.4 is 0 Å². The summed E-state index contributed by atoms with van der Waals surface area (Å²) in [6, 6.07) is 0. The average Bonchev–Trinajstić information content (AvgIpc) is 3.59. The summed E-state index contributed by atoms with van der Waals surface area (Å²) in [5, 5.41) is 11.0. The van der Waals surface area contributed by atoms with Crippen LogP contribution in [-0.2, 0) is 38.0 Å². The van der Waals surface area contributed by atoms with Crippen molar-refractivity contribution in [3.05, 3.63) is 0 Å². The molecule has 256 valence electrons. The molecule has 5 saturated carbocycles. The van der Waals surface area contributed by atoms with Gasteiger partial charge < -0.3 is 33.5 Å². The smallest absolute Gasteiger partial charge is 0.303 e. The summed E-state index contributed by atoms with van der Waals surface area (Å²) in [5.74, 6) is 0.909. The first-order valence-corrected chi connectivity index (χ1v) is 17.3. The van der Waals surface area contributed by atoms with E-state index in [-0.39, 0.29) is 52.2 Å². The second kappa shape index (κ2) is 11.0. The zero-order valence-corrected chi connectivity index (χ0v) is 29.3. The minimum absolute atomic E-state index is 0.0108. The lowest BCUT2D eigenvalue weighted by atomic mass is 9.41. The van der Waals surface area contributed by atoms with Gasteiger partial charge in [-0.05, 0) is 105 Å². The molecule has 1 aliphatic heterocycles. The van der Waals surface area contributed by atoms with Gasteiger partial charge in [0, 0.05) is 32.5 Å². The highest BCUT2D eigenvalue weighted by atomic mass is 16.9. The summed E-state index contributed by atoms with van der Waals surface area (Å²) in [6.07, 6.45) is 6.28. The molecule has 0 aromatic heterocycles. The van der Waals surface area contributed by atoms with Crippen LogP contribution in [0.4, 0.5) is 0 Å². The fraction of sp³-hybridized carbons (Fsp3) is 0.944. The summed E-state index contributed by atoms with van der Waals surface area (Å²) >= 11 is 0. The van der Waals surface area contributed by atoms with Crippen molar-refractivity contribution >= 4 is 11.8 Å². The number of methoxy groups -OCH3 is 2. The Morgan fingerprint density at radius 1 is 1.04 bits per heavy atom. The van der Waals surface area contributed by atoms with Crippen LogP contribution in [0.2, 0.25) is 0 Å². The summed E-state index contributed by atoms with van der Waals surface area (Å²) in [4.78, 5) is 27.0. The van der Waals surface area contributed by atoms with Crippen molar-refractivity contribution in [2.75, 3.05) is 21.0 Å². The molecule has 0 bridgehead atoms. The molecule has 6 aliphatic rings. The molecule has 0 aromatic carbocycles. The zero-order chi connectivity index (χ0) is 33.0. The molecule has 0 aromatic rings. The number of hydrogen-bond donors (Lipinski definition) is 1. The SMILES string of the molecule is COCO[C@H](OC)O[C@H]1CC[C@]23C[C@]24CC[C@]2(C)[C@H]5[C@H](C)C[C@H]([C@H](OC(C)=O)C(C)(C)O)O[C@@H]5C(=O)[C@@]2(C)[C@@H]4CC[C@H]3C1(C)C. The Morgan fingerprint density at radius 3 is 2.33 bits per heavy atom. The summed E-state index contributed by atoms with van der Waals surface area (Å²) in [6.45, 7) is 15.6. The maximum atomic E-state index is 14.9. The number of Topliss-reactive ketones (excluding diaryl/α,β-unsaturated/α-hetero) is 1. The third-order valence-electron chi connectivity index (χ3n) is 14.6. The number of carbonyl (C=O) groups excluding carboxylic acids is 2. The molecule has 1 saturated heterocycles. The van der Waals surface area contributed by atoms with Crippen LogP contribution in [0.3, 0.4) is 0 Å². The highest BCUT2D eigenvalue weighted by Crippen LogP contribution is 2.89. The van der Waals surface area contributed by atoms with Gasteiger partial charge >= 0.3 is 5.97 Å².